The zero-order valence-corrected chi connectivity index (χ0v) is 15.6. The predicted molar refractivity (Wildman–Crippen MR) is 101 cm³/mol. The average Bonchev–Trinajstić information content (AvgIpc) is 3.15. The molecule has 2 aliphatic rings. The fourth-order valence-electron chi connectivity index (χ4n) is 3.26. The largest absolute Gasteiger partial charge is 0.381 e. The van der Waals surface area contributed by atoms with Crippen molar-refractivity contribution in [2.75, 3.05) is 32.8 Å². The lowest BCUT2D eigenvalue weighted by Crippen LogP contribution is -2.41. The van der Waals surface area contributed by atoms with Crippen molar-refractivity contribution in [3.63, 3.8) is 0 Å². The van der Waals surface area contributed by atoms with Gasteiger partial charge < -0.3 is 15.0 Å². The van der Waals surface area contributed by atoms with Gasteiger partial charge in [0.25, 0.3) is 0 Å². The highest BCUT2D eigenvalue weighted by Crippen LogP contribution is 2.38. The Kier molecular flexibility index (Phi) is 6.50. The lowest BCUT2D eigenvalue weighted by Gasteiger charge is -2.25. The van der Waals surface area contributed by atoms with Crippen LogP contribution in [-0.2, 0) is 11.3 Å². The van der Waals surface area contributed by atoms with Gasteiger partial charge in [-0.2, -0.15) is 0 Å². The van der Waals surface area contributed by atoms with E-state index in [0.717, 1.165) is 45.4 Å². The lowest BCUT2D eigenvalue weighted by atomic mass is 9.87. The third kappa shape index (κ3) is 4.13. The van der Waals surface area contributed by atoms with Crippen molar-refractivity contribution < 1.29 is 4.74 Å². The van der Waals surface area contributed by atoms with E-state index in [1.165, 1.54) is 18.4 Å². The molecular formula is C17H26IN3O. The van der Waals surface area contributed by atoms with Gasteiger partial charge in [0.2, 0.25) is 0 Å². The molecule has 2 saturated heterocycles. The third-order valence-corrected chi connectivity index (χ3v) is 4.51. The molecule has 2 fully saturated rings. The van der Waals surface area contributed by atoms with Crippen LogP contribution in [0.5, 0.6) is 0 Å². The molecule has 1 atom stereocenters. The van der Waals surface area contributed by atoms with Crippen LogP contribution in [0.1, 0.15) is 25.3 Å². The van der Waals surface area contributed by atoms with Gasteiger partial charge in [-0.3, -0.25) is 0 Å². The molecule has 5 heteroatoms. The highest BCUT2D eigenvalue weighted by atomic mass is 127. The molecule has 2 aliphatic heterocycles. The van der Waals surface area contributed by atoms with Gasteiger partial charge in [-0.05, 0) is 25.3 Å². The van der Waals surface area contributed by atoms with Crippen LogP contribution >= 0.6 is 24.0 Å². The topological polar surface area (TPSA) is 36.9 Å². The van der Waals surface area contributed by atoms with E-state index in [4.69, 9.17) is 9.73 Å². The van der Waals surface area contributed by atoms with Crippen LogP contribution in [0.3, 0.4) is 0 Å². The first-order valence-electron chi connectivity index (χ1n) is 7.96. The van der Waals surface area contributed by atoms with Crippen molar-refractivity contribution in [2.24, 2.45) is 10.4 Å². The van der Waals surface area contributed by atoms with Gasteiger partial charge in [-0.15, -0.1) is 24.0 Å². The molecule has 0 bridgehead atoms. The molecule has 0 saturated carbocycles. The molecule has 1 aromatic carbocycles. The molecule has 0 radical (unpaired) electrons. The van der Waals surface area contributed by atoms with Gasteiger partial charge in [0.1, 0.15) is 0 Å². The van der Waals surface area contributed by atoms with Crippen molar-refractivity contribution in [3.8, 4) is 0 Å². The third-order valence-electron chi connectivity index (χ3n) is 4.51. The minimum Gasteiger partial charge on any atom is -0.381 e. The summed E-state index contributed by atoms with van der Waals surface area (Å²) in [7, 11) is 0. The van der Waals surface area contributed by atoms with Crippen LogP contribution in [0.4, 0.5) is 0 Å². The van der Waals surface area contributed by atoms with E-state index in [1.54, 1.807) is 0 Å². The van der Waals surface area contributed by atoms with Crippen LogP contribution < -0.4 is 5.32 Å². The fraction of sp³-hybridized carbons (Fsp3) is 0.588. The van der Waals surface area contributed by atoms with Crippen LogP contribution in [-0.4, -0.2) is 43.7 Å². The van der Waals surface area contributed by atoms with E-state index >= 15 is 0 Å². The van der Waals surface area contributed by atoms with Crippen LogP contribution in [0.2, 0.25) is 0 Å². The molecule has 0 amide bonds. The summed E-state index contributed by atoms with van der Waals surface area (Å²) in [5.74, 6) is 1.05. The number of nitrogens with one attached hydrogen (secondary N) is 1. The highest BCUT2D eigenvalue weighted by Gasteiger charge is 2.42. The molecule has 1 N–H and O–H groups in total. The van der Waals surface area contributed by atoms with Gasteiger partial charge in [0.15, 0.2) is 5.96 Å². The summed E-state index contributed by atoms with van der Waals surface area (Å²) in [4.78, 5) is 7.21. The normalized spacial score (nSPS) is 24.6. The number of hydrogen-bond acceptors (Lipinski definition) is 2. The Morgan fingerprint density at radius 3 is 2.82 bits per heavy atom. The summed E-state index contributed by atoms with van der Waals surface area (Å²) in [5, 5.41) is 3.44. The molecule has 0 aromatic heterocycles. The molecule has 4 nitrogen and oxygen atoms in total. The second-order valence-electron chi connectivity index (χ2n) is 6.13. The first kappa shape index (κ1) is 17.5. The Balaban J connectivity index is 0.00000176. The number of halogens is 1. The van der Waals surface area contributed by atoms with Crippen LogP contribution in [0.15, 0.2) is 35.3 Å². The minimum absolute atomic E-state index is 0. The van der Waals surface area contributed by atoms with Gasteiger partial charge >= 0.3 is 0 Å². The maximum absolute atomic E-state index is 5.61. The average molecular weight is 415 g/mol. The van der Waals surface area contributed by atoms with Crippen molar-refractivity contribution >= 4 is 29.9 Å². The summed E-state index contributed by atoms with van der Waals surface area (Å²) in [6, 6.07) is 10.4. The summed E-state index contributed by atoms with van der Waals surface area (Å²) in [6.07, 6.45) is 2.42. The van der Waals surface area contributed by atoms with Gasteiger partial charge in [0.05, 0.1) is 13.2 Å². The number of likely N-dealkylation sites (tertiary alicyclic amines) is 1. The summed E-state index contributed by atoms with van der Waals surface area (Å²) >= 11 is 0. The molecule has 2 heterocycles. The standard InChI is InChI=1S/C17H25N3O.HI/c1-2-18-16(19-12-15-6-4-3-5-7-15)20-10-8-17(13-20)9-11-21-14-17;/h3-7H,2,8-14H2,1H3,(H,18,19);1H. The zero-order valence-electron chi connectivity index (χ0n) is 13.3. The van der Waals surface area contributed by atoms with Crippen molar-refractivity contribution in [2.45, 2.75) is 26.3 Å². The van der Waals surface area contributed by atoms with Crippen molar-refractivity contribution in [1.82, 2.24) is 10.2 Å². The Hall–Kier alpha value is -0.820. The Labute approximate surface area is 150 Å². The lowest BCUT2D eigenvalue weighted by molar-refractivity contribution is 0.156. The molecular weight excluding hydrogens is 389 g/mol. The number of ether oxygens (including phenoxy) is 1. The van der Waals surface area contributed by atoms with Crippen LogP contribution in [0.25, 0.3) is 0 Å². The molecule has 1 spiro atoms. The maximum Gasteiger partial charge on any atom is 0.194 e. The van der Waals surface area contributed by atoms with E-state index < -0.39 is 0 Å². The first-order chi connectivity index (χ1) is 10.3. The first-order valence-corrected chi connectivity index (χ1v) is 7.96. The number of aliphatic imine (C=N–C) groups is 1. The van der Waals surface area contributed by atoms with Crippen molar-refractivity contribution in [1.29, 1.82) is 0 Å². The number of benzene rings is 1. The van der Waals surface area contributed by atoms with Gasteiger partial charge in [-0.1, -0.05) is 30.3 Å². The Bertz CT molecular complexity index is 486. The molecule has 0 aliphatic carbocycles. The van der Waals surface area contributed by atoms with Gasteiger partial charge in [0, 0.05) is 31.7 Å². The van der Waals surface area contributed by atoms with E-state index in [2.05, 4.69) is 41.4 Å². The Morgan fingerprint density at radius 2 is 2.14 bits per heavy atom. The Morgan fingerprint density at radius 1 is 1.32 bits per heavy atom. The smallest absolute Gasteiger partial charge is 0.194 e. The second kappa shape index (κ2) is 8.15. The number of guanidine groups is 1. The molecule has 22 heavy (non-hydrogen) atoms. The summed E-state index contributed by atoms with van der Waals surface area (Å²) in [5.41, 5.74) is 1.63. The van der Waals surface area contributed by atoms with E-state index in [0.29, 0.717) is 5.41 Å². The van der Waals surface area contributed by atoms with E-state index in [9.17, 15) is 0 Å². The van der Waals surface area contributed by atoms with Crippen LogP contribution in [0, 0.1) is 5.41 Å². The summed E-state index contributed by atoms with van der Waals surface area (Å²) in [6.45, 7) is 7.78. The SMILES string of the molecule is CCNC(=NCc1ccccc1)N1CCC2(CCOC2)C1.I. The van der Waals surface area contributed by atoms with E-state index in [1.807, 2.05) is 6.07 Å². The molecule has 3 rings (SSSR count). The fourth-order valence-corrected chi connectivity index (χ4v) is 3.26. The van der Waals surface area contributed by atoms with E-state index in [-0.39, 0.29) is 24.0 Å². The van der Waals surface area contributed by atoms with Crippen molar-refractivity contribution in [3.05, 3.63) is 35.9 Å². The number of rotatable bonds is 3. The number of hydrogen-bond donors (Lipinski definition) is 1. The summed E-state index contributed by atoms with van der Waals surface area (Å²) < 4.78 is 5.61. The van der Waals surface area contributed by atoms with Gasteiger partial charge in [-0.25, -0.2) is 4.99 Å². The molecule has 122 valence electrons. The predicted octanol–water partition coefficient (Wildman–Crippen LogP) is 2.88. The quantitative estimate of drug-likeness (QED) is 0.469. The highest BCUT2D eigenvalue weighted by molar-refractivity contribution is 14.0. The molecule has 1 unspecified atom stereocenters. The minimum atomic E-state index is 0. The second-order valence-corrected chi connectivity index (χ2v) is 6.13. The molecule has 1 aromatic rings. The monoisotopic (exact) mass is 415 g/mol. The zero-order chi connectivity index (χ0) is 14.5. The maximum atomic E-state index is 5.61. The number of nitrogens with zero attached hydrogens (tertiary/aromatic N) is 2.